The molecule has 2 aliphatic heterocycles. The van der Waals surface area contributed by atoms with Gasteiger partial charge in [-0.1, -0.05) is 6.07 Å². The Morgan fingerprint density at radius 2 is 1.92 bits per heavy atom. The Morgan fingerprint density at radius 3 is 2.69 bits per heavy atom. The van der Waals surface area contributed by atoms with Gasteiger partial charge >= 0.3 is 0 Å². The molecule has 0 radical (unpaired) electrons. The molecule has 10 heteroatoms. The zero-order valence-electron chi connectivity index (χ0n) is 20.7. The first-order valence-corrected chi connectivity index (χ1v) is 12.2. The number of aliphatic hydroxyl groups is 1. The number of fused-ring (bicyclic) bond motifs is 2. The summed E-state index contributed by atoms with van der Waals surface area (Å²) in [7, 11) is 1.53. The quantitative estimate of drug-likeness (QED) is 0.564. The van der Waals surface area contributed by atoms with E-state index in [2.05, 4.69) is 25.1 Å². The lowest BCUT2D eigenvalue weighted by atomic mass is 9.95. The van der Waals surface area contributed by atoms with Crippen molar-refractivity contribution >= 4 is 17.6 Å². The monoisotopic (exact) mass is 490 g/mol. The van der Waals surface area contributed by atoms with Gasteiger partial charge in [0.1, 0.15) is 28.7 Å². The maximum absolute atomic E-state index is 13.3. The molecule has 36 heavy (non-hydrogen) atoms. The number of nitrogens with one attached hydrogen (secondary N) is 1. The summed E-state index contributed by atoms with van der Waals surface area (Å²) in [6.07, 6.45) is 3.70. The van der Waals surface area contributed by atoms with E-state index >= 15 is 0 Å². The highest BCUT2D eigenvalue weighted by molar-refractivity contribution is 6.06. The predicted octanol–water partition coefficient (Wildman–Crippen LogP) is 2.59. The number of carbonyl (C=O) groups is 2. The molecular formula is C26H30N6O4. The molecule has 2 aliphatic rings. The minimum atomic E-state index is -1.45. The summed E-state index contributed by atoms with van der Waals surface area (Å²) in [6.45, 7) is 4.62. The van der Waals surface area contributed by atoms with Crippen LogP contribution in [0.5, 0.6) is 5.75 Å². The van der Waals surface area contributed by atoms with E-state index < -0.39 is 5.60 Å². The minimum absolute atomic E-state index is 0.314. The number of nitrogens with zero attached hydrogens (tertiary/aromatic N) is 5. The van der Waals surface area contributed by atoms with Gasteiger partial charge in [-0.15, -0.1) is 10.2 Å². The Kier molecular flexibility index (Phi) is 6.21. The lowest BCUT2D eigenvalue weighted by molar-refractivity contribution is -0.148. The van der Waals surface area contributed by atoms with Crippen LogP contribution in [0, 0.1) is 0 Å². The van der Waals surface area contributed by atoms with Crippen molar-refractivity contribution in [2.45, 2.75) is 58.2 Å². The van der Waals surface area contributed by atoms with E-state index in [1.807, 2.05) is 18.2 Å². The lowest BCUT2D eigenvalue weighted by Gasteiger charge is -2.33. The fraction of sp³-hybridized carbons (Fsp3) is 0.423. The van der Waals surface area contributed by atoms with Gasteiger partial charge in [0.2, 0.25) is 0 Å². The van der Waals surface area contributed by atoms with E-state index in [-0.39, 0.29) is 11.8 Å². The highest BCUT2D eigenvalue weighted by atomic mass is 16.5. The Morgan fingerprint density at radius 1 is 1.08 bits per heavy atom. The number of carbonyl (C=O) groups excluding carboxylic acids is 2. The second kappa shape index (κ2) is 9.34. The van der Waals surface area contributed by atoms with E-state index in [0.717, 1.165) is 42.8 Å². The summed E-state index contributed by atoms with van der Waals surface area (Å²) in [6, 6.07) is 9.01. The molecule has 1 aromatic carbocycles. The number of rotatable bonds is 5. The third kappa shape index (κ3) is 4.56. The number of aromatic nitrogens is 4. The second-order valence-corrected chi connectivity index (χ2v) is 9.77. The van der Waals surface area contributed by atoms with Crippen LogP contribution in [0.2, 0.25) is 0 Å². The molecule has 0 fully saturated rings. The lowest BCUT2D eigenvalue weighted by Crippen LogP contribution is -2.47. The number of amides is 2. The fourth-order valence-corrected chi connectivity index (χ4v) is 4.80. The second-order valence-electron chi connectivity index (χ2n) is 9.77. The Labute approximate surface area is 209 Å². The van der Waals surface area contributed by atoms with Crippen molar-refractivity contribution in [1.82, 2.24) is 24.6 Å². The van der Waals surface area contributed by atoms with Gasteiger partial charge in [0, 0.05) is 26.1 Å². The van der Waals surface area contributed by atoms with Crippen molar-refractivity contribution < 1.29 is 19.4 Å². The van der Waals surface area contributed by atoms with Gasteiger partial charge in [-0.2, -0.15) is 0 Å². The Bertz CT molecular complexity index is 1330. The number of benzene rings is 1. The third-order valence-corrected chi connectivity index (χ3v) is 6.67. The molecule has 0 unspecified atom stereocenters. The molecule has 10 nitrogen and oxygen atoms in total. The molecule has 4 heterocycles. The smallest absolute Gasteiger partial charge is 0.260 e. The van der Waals surface area contributed by atoms with E-state index in [1.54, 1.807) is 17.0 Å². The molecule has 5 rings (SSSR count). The van der Waals surface area contributed by atoms with Crippen LogP contribution >= 0.6 is 0 Å². The van der Waals surface area contributed by atoms with Crippen LogP contribution in [0.1, 0.15) is 54.0 Å². The molecule has 0 bridgehead atoms. The van der Waals surface area contributed by atoms with Gasteiger partial charge in [0.25, 0.3) is 11.8 Å². The summed E-state index contributed by atoms with van der Waals surface area (Å²) < 4.78 is 7.61. The van der Waals surface area contributed by atoms with Crippen molar-refractivity contribution in [2.24, 2.45) is 0 Å². The zero-order chi connectivity index (χ0) is 25.4. The SMILES string of the molecule is COc1cc2c(cc1C(=O)Nc1cccc(-c3nnc4n3CCCC4)n1)CN(C(=O)C(C)(C)O)CC2. The third-order valence-electron chi connectivity index (χ3n) is 6.67. The summed E-state index contributed by atoms with van der Waals surface area (Å²) >= 11 is 0. The van der Waals surface area contributed by atoms with E-state index in [1.165, 1.54) is 21.0 Å². The molecule has 2 aromatic heterocycles. The summed E-state index contributed by atoms with van der Waals surface area (Å²) in [5.41, 5.74) is 1.40. The van der Waals surface area contributed by atoms with Gasteiger partial charge in [-0.25, -0.2) is 4.98 Å². The zero-order valence-corrected chi connectivity index (χ0v) is 20.7. The van der Waals surface area contributed by atoms with Crippen LogP contribution in [0.4, 0.5) is 5.82 Å². The van der Waals surface area contributed by atoms with Crippen molar-refractivity contribution in [3.8, 4) is 17.3 Å². The molecule has 0 aliphatic carbocycles. The highest BCUT2D eigenvalue weighted by Crippen LogP contribution is 2.30. The molecule has 0 saturated heterocycles. The largest absolute Gasteiger partial charge is 0.496 e. The number of pyridine rings is 1. The normalized spacial score (nSPS) is 15.2. The van der Waals surface area contributed by atoms with Crippen molar-refractivity contribution in [3.63, 3.8) is 0 Å². The summed E-state index contributed by atoms with van der Waals surface area (Å²) in [5.74, 6) is 1.80. The first-order valence-electron chi connectivity index (χ1n) is 12.2. The van der Waals surface area contributed by atoms with Crippen LogP contribution in [-0.4, -0.2) is 60.8 Å². The average Bonchev–Trinajstić information content (AvgIpc) is 3.31. The van der Waals surface area contributed by atoms with Gasteiger partial charge in [0.15, 0.2) is 5.82 Å². The highest BCUT2D eigenvalue weighted by Gasteiger charge is 2.32. The van der Waals surface area contributed by atoms with E-state index in [0.29, 0.717) is 48.2 Å². The van der Waals surface area contributed by atoms with E-state index in [4.69, 9.17) is 4.74 Å². The minimum Gasteiger partial charge on any atom is -0.496 e. The first kappa shape index (κ1) is 23.9. The number of hydrogen-bond donors (Lipinski definition) is 2. The molecule has 0 saturated carbocycles. The molecule has 3 aromatic rings. The topological polar surface area (TPSA) is 122 Å². The summed E-state index contributed by atoms with van der Waals surface area (Å²) in [4.78, 5) is 32.1. The molecule has 2 N–H and O–H groups in total. The van der Waals surface area contributed by atoms with E-state index in [9.17, 15) is 14.7 Å². The van der Waals surface area contributed by atoms with Crippen molar-refractivity contribution in [1.29, 1.82) is 0 Å². The maximum atomic E-state index is 13.3. The number of ether oxygens (including phenoxy) is 1. The van der Waals surface area contributed by atoms with Gasteiger partial charge in [-0.05, 0) is 68.5 Å². The van der Waals surface area contributed by atoms with Crippen LogP contribution in [-0.2, 0) is 30.7 Å². The van der Waals surface area contributed by atoms with Gasteiger partial charge < -0.3 is 24.6 Å². The van der Waals surface area contributed by atoms with Gasteiger partial charge in [-0.3, -0.25) is 9.59 Å². The Balaban J connectivity index is 1.39. The molecule has 188 valence electrons. The molecule has 0 spiro atoms. The van der Waals surface area contributed by atoms with Crippen LogP contribution in [0.25, 0.3) is 11.5 Å². The number of anilines is 1. The number of methoxy groups -OCH3 is 1. The Hall–Kier alpha value is -3.79. The van der Waals surface area contributed by atoms with Gasteiger partial charge in [0.05, 0.1) is 12.7 Å². The van der Waals surface area contributed by atoms with Crippen LogP contribution in [0.3, 0.4) is 0 Å². The molecule has 0 atom stereocenters. The molecule has 2 amide bonds. The average molecular weight is 491 g/mol. The number of aryl methyl sites for hydroxylation is 1. The summed E-state index contributed by atoms with van der Waals surface area (Å²) in [5, 5.41) is 21.6. The predicted molar refractivity (Wildman–Crippen MR) is 133 cm³/mol. The molecular weight excluding hydrogens is 460 g/mol. The standard InChI is InChI=1S/C26H30N6O4/c1-26(2,35)25(34)31-12-10-16-14-20(36-3)18(13-17(16)15-31)24(33)28-21-8-6-7-19(27-21)23-30-29-22-9-4-5-11-32(22)23/h6-8,13-14,35H,4-5,9-12,15H2,1-3H3,(H,27,28,33). The van der Waals surface area contributed by atoms with Crippen molar-refractivity contribution in [2.75, 3.05) is 19.0 Å². The maximum Gasteiger partial charge on any atom is 0.260 e. The first-order chi connectivity index (χ1) is 17.2. The number of hydrogen-bond acceptors (Lipinski definition) is 7. The fourth-order valence-electron chi connectivity index (χ4n) is 4.80. The van der Waals surface area contributed by atoms with Crippen molar-refractivity contribution in [3.05, 3.63) is 52.8 Å². The van der Waals surface area contributed by atoms with Crippen LogP contribution < -0.4 is 10.1 Å². The van der Waals surface area contributed by atoms with Crippen LogP contribution in [0.15, 0.2) is 30.3 Å².